The van der Waals surface area contributed by atoms with Crippen LogP contribution >= 0.6 is 11.3 Å². The SMILES string of the molecule is Cn1ccnc1Cn1ccsc1=O. The molecule has 0 atom stereocenters. The van der Waals surface area contributed by atoms with Crippen LogP contribution in [0, 0.1) is 0 Å². The van der Waals surface area contributed by atoms with Gasteiger partial charge < -0.3 is 4.57 Å². The smallest absolute Gasteiger partial charge is 0.307 e. The predicted molar refractivity (Wildman–Crippen MR) is 50.9 cm³/mol. The van der Waals surface area contributed by atoms with Crippen LogP contribution in [0.5, 0.6) is 0 Å². The Bertz CT molecular complexity index is 454. The molecule has 13 heavy (non-hydrogen) atoms. The minimum atomic E-state index is 0.0583. The number of thiazole rings is 1. The number of aryl methyl sites for hydroxylation is 1. The molecule has 68 valence electrons. The van der Waals surface area contributed by atoms with E-state index in [4.69, 9.17) is 0 Å². The van der Waals surface area contributed by atoms with Gasteiger partial charge >= 0.3 is 4.87 Å². The van der Waals surface area contributed by atoms with Crippen LogP contribution in [0.1, 0.15) is 5.82 Å². The molecule has 0 bridgehead atoms. The molecule has 2 aromatic heterocycles. The van der Waals surface area contributed by atoms with Crippen molar-refractivity contribution in [2.75, 3.05) is 0 Å². The number of imidazole rings is 1. The van der Waals surface area contributed by atoms with Gasteiger partial charge in [-0.15, -0.1) is 0 Å². The van der Waals surface area contributed by atoms with E-state index in [1.54, 1.807) is 22.3 Å². The molecule has 0 N–H and O–H groups in total. The Kier molecular flexibility index (Phi) is 2.02. The van der Waals surface area contributed by atoms with E-state index in [-0.39, 0.29) is 4.87 Å². The zero-order valence-corrected chi connectivity index (χ0v) is 7.99. The lowest BCUT2D eigenvalue weighted by atomic mass is 10.6. The average Bonchev–Trinajstić information content (AvgIpc) is 2.65. The monoisotopic (exact) mass is 195 g/mol. The van der Waals surface area contributed by atoms with Gasteiger partial charge in [0.05, 0.1) is 6.54 Å². The molecular weight excluding hydrogens is 186 g/mol. The van der Waals surface area contributed by atoms with Crippen molar-refractivity contribution in [2.45, 2.75) is 6.54 Å². The number of nitrogens with zero attached hydrogens (tertiary/aromatic N) is 3. The van der Waals surface area contributed by atoms with E-state index in [1.165, 1.54) is 11.3 Å². The van der Waals surface area contributed by atoms with Crippen LogP contribution in [0.15, 0.2) is 28.8 Å². The van der Waals surface area contributed by atoms with E-state index < -0.39 is 0 Å². The summed E-state index contributed by atoms with van der Waals surface area (Å²) in [5, 5.41) is 1.78. The Balaban J connectivity index is 2.29. The number of rotatable bonds is 2. The van der Waals surface area contributed by atoms with Gasteiger partial charge in [-0.3, -0.25) is 9.36 Å². The quantitative estimate of drug-likeness (QED) is 0.707. The molecule has 0 saturated carbocycles. The van der Waals surface area contributed by atoms with E-state index in [0.717, 1.165) is 5.82 Å². The Morgan fingerprint density at radius 1 is 1.54 bits per heavy atom. The molecular formula is C8H9N3OS. The lowest BCUT2D eigenvalue weighted by Gasteiger charge is -2.00. The minimum absolute atomic E-state index is 0.0583. The van der Waals surface area contributed by atoms with Crippen LogP contribution in [-0.2, 0) is 13.6 Å². The second kappa shape index (κ2) is 3.18. The van der Waals surface area contributed by atoms with Gasteiger partial charge in [-0.25, -0.2) is 4.98 Å². The van der Waals surface area contributed by atoms with Crippen molar-refractivity contribution in [3.8, 4) is 0 Å². The fourth-order valence-electron chi connectivity index (χ4n) is 1.11. The highest BCUT2D eigenvalue weighted by Crippen LogP contribution is 1.98. The van der Waals surface area contributed by atoms with Crippen LogP contribution in [0.3, 0.4) is 0 Å². The Labute approximate surface area is 79.1 Å². The van der Waals surface area contributed by atoms with Crippen molar-refractivity contribution in [2.24, 2.45) is 7.05 Å². The lowest BCUT2D eigenvalue weighted by molar-refractivity contribution is 0.691. The van der Waals surface area contributed by atoms with Crippen molar-refractivity contribution in [1.82, 2.24) is 14.1 Å². The van der Waals surface area contributed by atoms with E-state index in [9.17, 15) is 4.79 Å². The molecule has 2 heterocycles. The lowest BCUT2D eigenvalue weighted by Crippen LogP contribution is -2.15. The highest BCUT2D eigenvalue weighted by molar-refractivity contribution is 7.07. The molecule has 0 aromatic carbocycles. The second-order valence-electron chi connectivity index (χ2n) is 2.75. The molecule has 0 radical (unpaired) electrons. The van der Waals surface area contributed by atoms with Gasteiger partial charge in [0, 0.05) is 31.0 Å². The van der Waals surface area contributed by atoms with Crippen LogP contribution in [0.2, 0.25) is 0 Å². The number of aromatic nitrogens is 3. The molecule has 2 aromatic rings. The first-order chi connectivity index (χ1) is 6.27. The molecule has 0 aliphatic rings. The first-order valence-corrected chi connectivity index (χ1v) is 4.75. The van der Waals surface area contributed by atoms with Crippen molar-refractivity contribution in [3.63, 3.8) is 0 Å². The minimum Gasteiger partial charge on any atom is -0.337 e. The summed E-state index contributed by atoms with van der Waals surface area (Å²) >= 11 is 1.20. The van der Waals surface area contributed by atoms with E-state index >= 15 is 0 Å². The summed E-state index contributed by atoms with van der Waals surface area (Å²) in [5.74, 6) is 0.889. The highest BCUT2D eigenvalue weighted by atomic mass is 32.1. The maximum absolute atomic E-state index is 11.2. The van der Waals surface area contributed by atoms with Gasteiger partial charge in [0.25, 0.3) is 0 Å². The summed E-state index contributed by atoms with van der Waals surface area (Å²) < 4.78 is 3.55. The molecule has 4 nitrogen and oxygen atoms in total. The summed E-state index contributed by atoms with van der Waals surface area (Å²) in [6, 6.07) is 0. The number of hydrogen-bond donors (Lipinski definition) is 0. The van der Waals surface area contributed by atoms with Gasteiger partial charge in [-0.1, -0.05) is 11.3 Å². The summed E-state index contributed by atoms with van der Waals surface area (Å²) in [7, 11) is 1.92. The topological polar surface area (TPSA) is 39.8 Å². The summed E-state index contributed by atoms with van der Waals surface area (Å²) in [6.45, 7) is 0.547. The van der Waals surface area contributed by atoms with Crippen molar-refractivity contribution >= 4 is 11.3 Å². The molecule has 0 saturated heterocycles. The van der Waals surface area contributed by atoms with Gasteiger partial charge in [0.1, 0.15) is 5.82 Å². The van der Waals surface area contributed by atoms with E-state index in [0.29, 0.717) is 6.54 Å². The zero-order chi connectivity index (χ0) is 9.26. The van der Waals surface area contributed by atoms with Gasteiger partial charge in [-0.2, -0.15) is 0 Å². The maximum Gasteiger partial charge on any atom is 0.307 e. The van der Waals surface area contributed by atoms with Crippen molar-refractivity contribution in [1.29, 1.82) is 0 Å². The Hall–Kier alpha value is -1.36. The largest absolute Gasteiger partial charge is 0.337 e. The Morgan fingerprint density at radius 3 is 2.92 bits per heavy atom. The van der Waals surface area contributed by atoms with E-state index in [2.05, 4.69) is 4.98 Å². The number of hydrogen-bond acceptors (Lipinski definition) is 3. The fourth-order valence-corrected chi connectivity index (χ4v) is 1.69. The van der Waals surface area contributed by atoms with Crippen molar-refractivity contribution in [3.05, 3.63) is 39.5 Å². The molecule has 0 spiro atoms. The van der Waals surface area contributed by atoms with Crippen molar-refractivity contribution < 1.29 is 0 Å². The van der Waals surface area contributed by atoms with Gasteiger partial charge in [0.2, 0.25) is 0 Å². The predicted octanol–water partition coefficient (Wildman–Crippen LogP) is 0.692. The fraction of sp³-hybridized carbons (Fsp3) is 0.250. The van der Waals surface area contributed by atoms with E-state index in [1.807, 2.05) is 17.8 Å². The molecule has 5 heteroatoms. The molecule has 0 amide bonds. The summed E-state index contributed by atoms with van der Waals surface area (Å²) in [4.78, 5) is 15.4. The third-order valence-corrected chi connectivity index (χ3v) is 2.57. The molecule has 2 rings (SSSR count). The van der Waals surface area contributed by atoms with Crippen LogP contribution < -0.4 is 4.87 Å². The zero-order valence-electron chi connectivity index (χ0n) is 7.17. The molecule has 0 aliphatic carbocycles. The first-order valence-electron chi connectivity index (χ1n) is 3.87. The second-order valence-corrected chi connectivity index (χ2v) is 3.61. The normalized spacial score (nSPS) is 10.5. The highest BCUT2D eigenvalue weighted by Gasteiger charge is 2.01. The van der Waals surface area contributed by atoms with Crippen LogP contribution in [-0.4, -0.2) is 14.1 Å². The average molecular weight is 195 g/mol. The maximum atomic E-state index is 11.2. The molecule has 0 unspecified atom stereocenters. The first kappa shape index (κ1) is 8.25. The van der Waals surface area contributed by atoms with Crippen LogP contribution in [0.25, 0.3) is 0 Å². The van der Waals surface area contributed by atoms with Gasteiger partial charge in [-0.05, 0) is 0 Å². The van der Waals surface area contributed by atoms with Crippen LogP contribution in [0.4, 0.5) is 0 Å². The van der Waals surface area contributed by atoms with Gasteiger partial charge in [0.15, 0.2) is 0 Å². The third-order valence-electron chi connectivity index (χ3n) is 1.88. The summed E-state index contributed by atoms with van der Waals surface area (Å²) in [5.41, 5.74) is 0. The summed E-state index contributed by atoms with van der Waals surface area (Å²) in [6.07, 6.45) is 5.38. The molecule has 0 aliphatic heterocycles. The Morgan fingerprint density at radius 2 is 2.38 bits per heavy atom. The standard InChI is InChI=1S/C8H9N3OS/c1-10-3-2-9-7(10)6-11-4-5-13-8(11)12/h2-5H,6H2,1H3. The molecule has 0 fully saturated rings. The third kappa shape index (κ3) is 1.55.